The topological polar surface area (TPSA) is 81.2 Å². The third-order valence-electron chi connectivity index (χ3n) is 3.50. The van der Waals surface area contributed by atoms with Crippen LogP contribution in [0.5, 0.6) is 0 Å². The Labute approximate surface area is 143 Å². The highest BCUT2D eigenvalue weighted by Gasteiger charge is 2.27. The largest absolute Gasteiger partial charge is 0.337 e. The van der Waals surface area contributed by atoms with Crippen LogP contribution in [0.4, 0.5) is 0 Å². The van der Waals surface area contributed by atoms with Crippen molar-refractivity contribution in [2.45, 2.75) is 24.9 Å². The van der Waals surface area contributed by atoms with Crippen LogP contribution in [0.1, 0.15) is 17.8 Å². The van der Waals surface area contributed by atoms with Crippen LogP contribution < -0.4 is 5.73 Å². The fourth-order valence-electron chi connectivity index (χ4n) is 2.12. The summed E-state index contributed by atoms with van der Waals surface area (Å²) in [6.45, 7) is 2.92. The Morgan fingerprint density at radius 3 is 2.43 bits per heavy atom. The molecule has 8 heteroatoms. The van der Waals surface area contributed by atoms with Gasteiger partial charge >= 0.3 is 0 Å². The number of nitrogens with two attached hydrogens (primary N) is 1. The van der Waals surface area contributed by atoms with E-state index in [1.165, 1.54) is 4.31 Å². The number of imidazole rings is 1. The molecule has 0 bridgehead atoms. The minimum Gasteiger partial charge on any atom is -0.337 e. The molecule has 0 aliphatic heterocycles. The van der Waals surface area contributed by atoms with Crippen molar-refractivity contribution in [2.24, 2.45) is 12.8 Å². The number of aryl methyl sites for hydroxylation is 2. The molecule has 0 amide bonds. The smallest absolute Gasteiger partial charge is 0.262 e. The Bertz CT molecular complexity index is 697. The fraction of sp³-hybridized carbons (Fsp3) is 0.400. The van der Waals surface area contributed by atoms with Gasteiger partial charge in [0, 0.05) is 26.3 Å². The van der Waals surface area contributed by atoms with Crippen LogP contribution in [0.15, 0.2) is 41.6 Å². The van der Waals surface area contributed by atoms with E-state index in [2.05, 4.69) is 4.98 Å². The fourth-order valence-corrected chi connectivity index (χ4v) is 3.61. The Balaban J connectivity index is 0.00000264. The minimum atomic E-state index is -3.63. The molecule has 0 aliphatic rings. The molecule has 0 unspecified atom stereocenters. The number of hydrogen-bond acceptors (Lipinski definition) is 4. The molecular formula is C15H23ClN4O2S. The van der Waals surface area contributed by atoms with Crippen molar-refractivity contribution in [3.8, 4) is 0 Å². The molecule has 0 saturated heterocycles. The van der Waals surface area contributed by atoms with Gasteiger partial charge in [-0.15, -0.1) is 12.4 Å². The molecule has 6 nitrogen and oxygen atoms in total. The number of aromatic nitrogens is 2. The zero-order valence-corrected chi connectivity index (χ0v) is 15.0. The van der Waals surface area contributed by atoms with E-state index < -0.39 is 10.0 Å². The van der Waals surface area contributed by atoms with E-state index in [-0.39, 0.29) is 17.4 Å². The van der Waals surface area contributed by atoms with Crippen LogP contribution in [0.25, 0.3) is 0 Å². The summed E-state index contributed by atoms with van der Waals surface area (Å²) in [4.78, 5) is 4.15. The van der Waals surface area contributed by atoms with Gasteiger partial charge in [-0.3, -0.25) is 0 Å². The van der Waals surface area contributed by atoms with Crippen LogP contribution in [0.3, 0.4) is 0 Å². The van der Waals surface area contributed by atoms with E-state index in [0.717, 1.165) is 5.56 Å². The summed E-state index contributed by atoms with van der Waals surface area (Å²) >= 11 is 0. The molecule has 0 aliphatic carbocycles. The Hall–Kier alpha value is -1.41. The van der Waals surface area contributed by atoms with Crippen molar-refractivity contribution in [1.29, 1.82) is 0 Å². The van der Waals surface area contributed by atoms with Crippen LogP contribution in [-0.4, -0.2) is 35.4 Å². The number of halogens is 1. The van der Waals surface area contributed by atoms with Crippen molar-refractivity contribution in [3.05, 3.63) is 47.9 Å². The van der Waals surface area contributed by atoms with E-state index in [9.17, 15) is 8.42 Å². The van der Waals surface area contributed by atoms with Crippen molar-refractivity contribution >= 4 is 22.4 Å². The highest BCUT2D eigenvalue weighted by Crippen LogP contribution is 2.18. The zero-order chi connectivity index (χ0) is 16.2. The van der Waals surface area contributed by atoms with E-state index >= 15 is 0 Å². The van der Waals surface area contributed by atoms with Crippen molar-refractivity contribution in [2.75, 3.05) is 13.1 Å². The van der Waals surface area contributed by atoms with E-state index in [1.807, 2.05) is 30.3 Å². The summed E-state index contributed by atoms with van der Waals surface area (Å²) in [5.41, 5.74) is 6.48. The summed E-state index contributed by atoms with van der Waals surface area (Å²) in [5, 5.41) is 0.0838. The van der Waals surface area contributed by atoms with Gasteiger partial charge in [-0.05, 0) is 25.5 Å². The number of benzene rings is 1. The summed E-state index contributed by atoms with van der Waals surface area (Å²) in [6.07, 6.45) is 2.16. The lowest BCUT2D eigenvalue weighted by molar-refractivity contribution is 0.400. The average molecular weight is 359 g/mol. The summed E-state index contributed by atoms with van der Waals surface area (Å²) in [5.74, 6) is 0.664. The minimum absolute atomic E-state index is 0. The molecular weight excluding hydrogens is 336 g/mol. The predicted octanol–water partition coefficient (Wildman–Crippen LogP) is 1.69. The lowest BCUT2D eigenvalue weighted by atomic mass is 10.2. The van der Waals surface area contributed by atoms with Gasteiger partial charge in [0.1, 0.15) is 5.82 Å². The maximum atomic E-state index is 12.8. The molecule has 1 heterocycles. The molecule has 0 fully saturated rings. The maximum Gasteiger partial charge on any atom is 0.262 e. The first-order chi connectivity index (χ1) is 10.4. The number of nitrogens with zero attached hydrogens (tertiary/aromatic N) is 3. The second-order valence-electron chi connectivity index (χ2n) is 5.20. The molecule has 2 aromatic rings. The molecule has 0 radical (unpaired) electrons. The van der Waals surface area contributed by atoms with Crippen molar-refractivity contribution in [3.63, 3.8) is 0 Å². The third kappa shape index (κ3) is 4.78. The quantitative estimate of drug-likeness (QED) is 0.816. The second-order valence-corrected chi connectivity index (χ2v) is 7.09. The van der Waals surface area contributed by atoms with Crippen LogP contribution in [-0.2, 0) is 23.6 Å². The molecule has 0 saturated carbocycles. The van der Waals surface area contributed by atoms with Gasteiger partial charge in [0.05, 0.1) is 0 Å². The SMILES string of the molecule is Cc1nc(S(=O)(=O)N(CCCN)Cc2ccccc2)cn1C.Cl. The molecule has 2 N–H and O–H groups in total. The molecule has 0 atom stereocenters. The van der Waals surface area contributed by atoms with E-state index in [1.54, 1.807) is 24.7 Å². The Morgan fingerprint density at radius 1 is 1.26 bits per heavy atom. The zero-order valence-electron chi connectivity index (χ0n) is 13.3. The molecule has 1 aromatic carbocycles. The summed E-state index contributed by atoms with van der Waals surface area (Å²) in [6, 6.07) is 9.52. The number of hydrogen-bond donors (Lipinski definition) is 1. The van der Waals surface area contributed by atoms with Gasteiger partial charge in [-0.2, -0.15) is 4.31 Å². The first-order valence-electron chi connectivity index (χ1n) is 7.19. The van der Waals surface area contributed by atoms with Gasteiger partial charge in [0.25, 0.3) is 10.0 Å². The van der Waals surface area contributed by atoms with Gasteiger partial charge in [-0.1, -0.05) is 30.3 Å². The molecule has 23 heavy (non-hydrogen) atoms. The predicted molar refractivity (Wildman–Crippen MR) is 92.9 cm³/mol. The van der Waals surface area contributed by atoms with Gasteiger partial charge < -0.3 is 10.3 Å². The summed E-state index contributed by atoms with van der Waals surface area (Å²) in [7, 11) is -1.85. The molecule has 2 rings (SSSR count). The summed E-state index contributed by atoms with van der Waals surface area (Å²) < 4.78 is 28.8. The lowest BCUT2D eigenvalue weighted by Gasteiger charge is -2.20. The van der Waals surface area contributed by atoms with Gasteiger partial charge in [0.15, 0.2) is 5.03 Å². The average Bonchev–Trinajstić information content (AvgIpc) is 2.85. The second kappa shape index (κ2) is 8.44. The van der Waals surface area contributed by atoms with Crippen LogP contribution in [0.2, 0.25) is 0 Å². The highest BCUT2D eigenvalue weighted by molar-refractivity contribution is 7.89. The molecule has 128 valence electrons. The lowest BCUT2D eigenvalue weighted by Crippen LogP contribution is -2.32. The molecule has 0 spiro atoms. The standard InChI is InChI=1S/C15H22N4O2S.ClH/c1-13-17-15(12-18(13)2)22(20,21)19(10-6-9-16)11-14-7-4-3-5-8-14;/h3-5,7-8,12H,6,9-11,16H2,1-2H3;1H. The van der Waals surface area contributed by atoms with E-state index in [0.29, 0.717) is 31.9 Å². The third-order valence-corrected chi connectivity index (χ3v) is 5.22. The van der Waals surface area contributed by atoms with Gasteiger partial charge in [0.2, 0.25) is 0 Å². The monoisotopic (exact) mass is 358 g/mol. The molecule has 1 aromatic heterocycles. The first-order valence-corrected chi connectivity index (χ1v) is 8.63. The Morgan fingerprint density at radius 2 is 1.91 bits per heavy atom. The van der Waals surface area contributed by atoms with Gasteiger partial charge in [-0.25, -0.2) is 13.4 Å². The van der Waals surface area contributed by atoms with E-state index in [4.69, 9.17) is 5.73 Å². The number of sulfonamides is 1. The maximum absolute atomic E-state index is 12.8. The highest BCUT2D eigenvalue weighted by atomic mass is 35.5. The Kier molecular flexibility index (Phi) is 7.21. The first kappa shape index (κ1) is 19.6. The van der Waals surface area contributed by atoms with Crippen LogP contribution in [0, 0.1) is 6.92 Å². The van der Waals surface area contributed by atoms with Crippen molar-refractivity contribution < 1.29 is 8.42 Å². The van der Waals surface area contributed by atoms with Crippen LogP contribution >= 0.6 is 12.4 Å². The number of rotatable bonds is 7. The van der Waals surface area contributed by atoms with Crippen molar-refractivity contribution in [1.82, 2.24) is 13.9 Å². The normalized spacial score (nSPS) is 11.5.